The van der Waals surface area contributed by atoms with Gasteiger partial charge in [-0.25, -0.2) is 9.59 Å². The van der Waals surface area contributed by atoms with Gasteiger partial charge in [0.1, 0.15) is 11.6 Å². The van der Waals surface area contributed by atoms with Crippen molar-refractivity contribution in [2.75, 3.05) is 6.61 Å². The summed E-state index contributed by atoms with van der Waals surface area (Å²) >= 11 is 3.43. The van der Waals surface area contributed by atoms with Gasteiger partial charge in [-0.15, -0.1) is 0 Å². The van der Waals surface area contributed by atoms with E-state index >= 15 is 0 Å². The molecule has 0 bridgehead atoms. The third-order valence-electron chi connectivity index (χ3n) is 5.45. The predicted octanol–water partition coefficient (Wildman–Crippen LogP) is 4.73. The van der Waals surface area contributed by atoms with Crippen LogP contribution in [0.4, 0.5) is 4.79 Å². The first-order valence-corrected chi connectivity index (χ1v) is 10.8. The van der Waals surface area contributed by atoms with Gasteiger partial charge in [-0.1, -0.05) is 34.1 Å². The Morgan fingerprint density at radius 1 is 1.07 bits per heavy atom. The molecule has 158 valence electrons. The number of carbonyl (C=O) groups is 3. The van der Waals surface area contributed by atoms with Gasteiger partial charge in [-0.3, -0.25) is 9.69 Å². The van der Waals surface area contributed by atoms with Crippen LogP contribution < -0.4 is 0 Å². The Morgan fingerprint density at radius 3 is 2.50 bits per heavy atom. The molecule has 0 spiro atoms. The average Bonchev–Trinajstić information content (AvgIpc) is 3.33. The van der Waals surface area contributed by atoms with Crippen molar-refractivity contribution < 1.29 is 23.9 Å². The Hall–Kier alpha value is -2.41. The normalized spacial score (nSPS) is 22.5. The van der Waals surface area contributed by atoms with Gasteiger partial charge in [0.15, 0.2) is 12.4 Å². The molecule has 2 aromatic rings. The van der Waals surface area contributed by atoms with Gasteiger partial charge in [0, 0.05) is 16.1 Å². The van der Waals surface area contributed by atoms with E-state index in [0.29, 0.717) is 17.9 Å². The van der Waals surface area contributed by atoms with Gasteiger partial charge < -0.3 is 9.47 Å². The number of carbonyl (C=O) groups excluding carboxylic acids is 3. The second-order valence-corrected chi connectivity index (χ2v) is 9.86. The van der Waals surface area contributed by atoms with Crippen LogP contribution in [0.5, 0.6) is 0 Å². The molecule has 2 aromatic carbocycles. The largest absolute Gasteiger partial charge is 0.456 e. The summed E-state index contributed by atoms with van der Waals surface area (Å²) in [6.07, 6.45) is 0.943. The van der Waals surface area contributed by atoms with Crippen molar-refractivity contribution in [1.82, 2.24) is 4.90 Å². The molecule has 2 fully saturated rings. The zero-order valence-electron chi connectivity index (χ0n) is 17.2. The minimum atomic E-state index is -0.689. The average molecular weight is 474 g/mol. The molecule has 0 radical (unpaired) electrons. The number of benzene rings is 2. The zero-order valence-corrected chi connectivity index (χ0v) is 18.8. The molecule has 1 saturated carbocycles. The molecule has 0 unspecified atom stereocenters. The number of nitrogens with zero attached hydrogens (tertiary/aromatic N) is 1. The van der Waals surface area contributed by atoms with Crippen molar-refractivity contribution in [2.45, 2.75) is 51.3 Å². The zero-order chi connectivity index (χ0) is 21.6. The molecule has 2 aliphatic rings. The highest BCUT2D eigenvalue weighted by Crippen LogP contribution is 2.48. The van der Waals surface area contributed by atoms with Crippen molar-refractivity contribution in [2.24, 2.45) is 5.92 Å². The Balaban J connectivity index is 1.39. The van der Waals surface area contributed by atoms with E-state index in [1.165, 1.54) is 4.90 Å². The first-order chi connectivity index (χ1) is 14.1. The van der Waals surface area contributed by atoms with Gasteiger partial charge in [0.25, 0.3) is 0 Å². The highest BCUT2D eigenvalue weighted by atomic mass is 79.9. The second-order valence-electron chi connectivity index (χ2n) is 8.94. The Morgan fingerprint density at radius 2 is 1.77 bits per heavy atom. The second kappa shape index (κ2) is 7.69. The Labute approximate surface area is 183 Å². The molecular weight excluding hydrogens is 450 g/mol. The molecule has 1 amide bonds. The van der Waals surface area contributed by atoms with Gasteiger partial charge in [0.05, 0.1) is 0 Å². The number of piperidine rings is 1. The lowest BCUT2D eigenvalue weighted by molar-refractivity contribution is -0.148. The molecule has 1 aliphatic carbocycles. The quantitative estimate of drug-likeness (QED) is 0.474. The summed E-state index contributed by atoms with van der Waals surface area (Å²) in [5.41, 5.74) is -0.156. The summed E-state index contributed by atoms with van der Waals surface area (Å²) in [4.78, 5) is 39.3. The minimum Gasteiger partial charge on any atom is -0.456 e. The fourth-order valence-corrected chi connectivity index (χ4v) is 4.33. The first-order valence-electron chi connectivity index (χ1n) is 10.0. The summed E-state index contributed by atoms with van der Waals surface area (Å²) in [6.45, 7) is 5.02. The minimum absolute atomic E-state index is 0.0351. The highest BCUT2D eigenvalue weighted by molar-refractivity contribution is 9.10. The van der Waals surface area contributed by atoms with E-state index in [9.17, 15) is 14.4 Å². The van der Waals surface area contributed by atoms with E-state index in [1.807, 2.05) is 24.3 Å². The standard InChI is InChI=1S/C23H24BrNO5/c1-23(2,3)30-22(28)25-18-10-16(18)11-19(25)21(27)29-12-20(26)15-5-4-14-9-17(24)7-6-13(14)8-15/h4-9,16,18-19H,10-12H2,1-3H3/t16-,18-,19+/m1/s1. The maximum absolute atomic E-state index is 12.6. The number of rotatable bonds is 4. The first kappa shape index (κ1) is 20.8. The van der Waals surface area contributed by atoms with Crippen LogP contribution in [0.15, 0.2) is 40.9 Å². The van der Waals surface area contributed by atoms with Crippen LogP contribution in [0.25, 0.3) is 10.8 Å². The fraction of sp³-hybridized carbons (Fsp3) is 0.435. The topological polar surface area (TPSA) is 72.9 Å². The maximum atomic E-state index is 12.6. The summed E-state index contributed by atoms with van der Waals surface area (Å²) < 4.78 is 11.7. The summed E-state index contributed by atoms with van der Waals surface area (Å²) in [6, 6.07) is 10.5. The van der Waals surface area contributed by atoms with Gasteiger partial charge in [0.2, 0.25) is 0 Å². The van der Waals surface area contributed by atoms with Gasteiger partial charge >= 0.3 is 12.1 Å². The van der Waals surface area contributed by atoms with Crippen LogP contribution >= 0.6 is 15.9 Å². The lowest BCUT2D eigenvalue weighted by Gasteiger charge is -2.29. The molecule has 0 N–H and O–H groups in total. The van der Waals surface area contributed by atoms with Crippen molar-refractivity contribution in [3.05, 3.63) is 46.4 Å². The third-order valence-corrected chi connectivity index (χ3v) is 5.94. The van der Waals surface area contributed by atoms with E-state index in [1.54, 1.807) is 32.9 Å². The SMILES string of the molecule is CC(C)(C)OC(=O)N1[C@@H]2C[C@@H]2C[C@H]1C(=O)OCC(=O)c1ccc2cc(Br)ccc2c1. The summed E-state index contributed by atoms with van der Waals surface area (Å²) in [5, 5.41) is 1.94. The van der Waals surface area contributed by atoms with Crippen LogP contribution in [0.2, 0.25) is 0 Å². The molecule has 3 atom stereocenters. The molecule has 7 heteroatoms. The number of ketones is 1. The molecule has 30 heavy (non-hydrogen) atoms. The smallest absolute Gasteiger partial charge is 0.411 e. The van der Waals surface area contributed by atoms with Crippen LogP contribution in [0.3, 0.4) is 0 Å². The van der Waals surface area contributed by atoms with E-state index < -0.39 is 23.7 Å². The lowest BCUT2D eigenvalue weighted by atomic mass is 10.0. The number of likely N-dealkylation sites (tertiary alicyclic amines) is 1. The number of ether oxygens (including phenoxy) is 2. The van der Waals surface area contributed by atoms with Crippen LogP contribution in [-0.4, -0.2) is 47.0 Å². The predicted molar refractivity (Wildman–Crippen MR) is 115 cm³/mol. The number of amides is 1. The molecule has 1 aliphatic heterocycles. The van der Waals surface area contributed by atoms with E-state index in [0.717, 1.165) is 21.7 Å². The lowest BCUT2D eigenvalue weighted by Crippen LogP contribution is -2.46. The van der Waals surface area contributed by atoms with Crippen LogP contribution in [0.1, 0.15) is 44.0 Å². The highest BCUT2D eigenvalue weighted by Gasteiger charge is 2.57. The molecule has 1 saturated heterocycles. The van der Waals surface area contributed by atoms with Gasteiger partial charge in [-0.2, -0.15) is 0 Å². The Bertz CT molecular complexity index is 1030. The molecule has 0 aromatic heterocycles. The summed E-state index contributed by atoms with van der Waals surface area (Å²) in [7, 11) is 0. The van der Waals surface area contributed by atoms with Gasteiger partial charge in [-0.05, 0) is 68.5 Å². The number of Topliss-reactive ketones (excluding diaryl/α,β-unsaturated/α-hetero) is 1. The number of halogens is 1. The molecule has 4 rings (SSSR count). The van der Waals surface area contributed by atoms with Crippen LogP contribution in [-0.2, 0) is 14.3 Å². The van der Waals surface area contributed by atoms with E-state index in [-0.39, 0.29) is 18.4 Å². The number of esters is 1. The van der Waals surface area contributed by atoms with Crippen molar-refractivity contribution >= 4 is 44.5 Å². The van der Waals surface area contributed by atoms with Crippen molar-refractivity contribution in [1.29, 1.82) is 0 Å². The number of hydrogen-bond acceptors (Lipinski definition) is 5. The monoisotopic (exact) mass is 473 g/mol. The van der Waals surface area contributed by atoms with Crippen LogP contribution in [0, 0.1) is 5.92 Å². The van der Waals surface area contributed by atoms with Crippen molar-refractivity contribution in [3.8, 4) is 0 Å². The van der Waals surface area contributed by atoms with E-state index in [2.05, 4.69) is 15.9 Å². The van der Waals surface area contributed by atoms with E-state index in [4.69, 9.17) is 9.47 Å². The fourth-order valence-electron chi connectivity index (χ4n) is 3.95. The number of hydrogen-bond donors (Lipinski definition) is 0. The molecule has 1 heterocycles. The summed E-state index contributed by atoms with van der Waals surface area (Å²) in [5.74, 6) is -0.517. The molecule has 6 nitrogen and oxygen atoms in total. The third kappa shape index (κ3) is 4.36. The Kier molecular flexibility index (Phi) is 5.34. The number of fused-ring (bicyclic) bond motifs is 2. The molecular formula is C23H24BrNO5. The van der Waals surface area contributed by atoms with Crippen molar-refractivity contribution in [3.63, 3.8) is 0 Å². The maximum Gasteiger partial charge on any atom is 0.411 e.